The highest BCUT2D eigenvalue weighted by Gasteiger charge is 2.30. The maximum Gasteiger partial charge on any atom is 0.282 e. The van der Waals surface area contributed by atoms with Gasteiger partial charge in [-0.1, -0.05) is 36.4 Å². The first kappa shape index (κ1) is 18.5. The van der Waals surface area contributed by atoms with Crippen LogP contribution in [0.25, 0.3) is 0 Å². The molecule has 2 aromatic rings. The smallest absolute Gasteiger partial charge is 0.282 e. The Bertz CT molecular complexity index is 709. The number of rotatable bonds is 6. The number of methoxy groups -OCH3 is 1. The van der Waals surface area contributed by atoms with Gasteiger partial charge in [0.2, 0.25) is 0 Å². The van der Waals surface area contributed by atoms with Crippen LogP contribution in [-0.4, -0.2) is 32.1 Å². The number of benzene rings is 2. The SMILES string of the molecule is COc1cccc(NC(=O)[C@H](C)[NH+]2CCC(Cc3ccccc3)CC2)c1. The first-order valence-electron chi connectivity index (χ1n) is 9.49. The molecule has 4 nitrogen and oxygen atoms in total. The van der Waals surface area contributed by atoms with Crippen LogP contribution in [0, 0.1) is 5.92 Å². The number of amides is 1. The van der Waals surface area contributed by atoms with Crippen molar-refractivity contribution in [3.63, 3.8) is 0 Å². The molecule has 0 bridgehead atoms. The molecule has 1 aliphatic rings. The van der Waals surface area contributed by atoms with E-state index >= 15 is 0 Å². The predicted octanol–water partition coefficient (Wildman–Crippen LogP) is 2.56. The Morgan fingerprint density at radius 3 is 2.58 bits per heavy atom. The first-order chi connectivity index (χ1) is 12.7. The molecule has 2 aromatic carbocycles. The topological polar surface area (TPSA) is 42.8 Å². The summed E-state index contributed by atoms with van der Waals surface area (Å²) in [7, 11) is 1.63. The maximum atomic E-state index is 12.6. The van der Waals surface area contributed by atoms with Crippen molar-refractivity contribution in [3.8, 4) is 5.75 Å². The summed E-state index contributed by atoms with van der Waals surface area (Å²) in [6.07, 6.45) is 3.51. The summed E-state index contributed by atoms with van der Waals surface area (Å²) in [4.78, 5) is 14.0. The summed E-state index contributed by atoms with van der Waals surface area (Å²) < 4.78 is 5.22. The van der Waals surface area contributed by atoms with Crippen LogP contribution in [0.5, 0.6) is 5.75 Å². The van der Waals surface area contributed by atoms with Crippen LogP contribution in [0.3, 0.4) is 0 Å². The van der Waals surface area contributed by atoms with E-state index in [2.05, 4.69) is 35.6 Å². The molecular weight excluding hydrogens is 324 g/mol. The van der Waals surface area contributed by atoms with Gasteiger partial charge >= 0.3 is 0 Å². The maximum absolute atomic E-state index is 12.6. The van der Waals surface area contributed by atoms with Crippen molar-refractivity contribution in [1.82, 2.24) is 0 Å². The number of hydrogen-bond donors (Lipinski definition) is 2. The monoisotopic (exact) mass is 353 g/mol. The molecule has 1 heterocycles. The number of nitrogens with one attached hydrogen (secondary N) is 2. The number of piperidine rings is 1. The number of anilines is 1. The van der Waals surface area contributed by atoms with Gasteiger partial charge in [0.25, 0.3) is 5.91 Å². The van der Waals surface area contributed by atoms with Crippen molar-refractivity contribution in [2.24, 2.45) is 5.92 Å². The summed E-state index contributed by atoms with van der Waals surface area (Å²) in [5.41, 5.74) is 2.21. The van der Waals surface area contributed by atoms with E-state index in [1.807, 2.05) is 31.2 Å². The Hall–Kier alpha value is -2.33. The van der Waals surface area contributed by atoms with Gasteiger partial charge in [-0.25, -0.2) is 0 Å². The van der Waals surface area contributed by atoms with Gasteiger partial charge in [0.05, 0.1) is 20.2 Å². The van der Waals surface area contributed by atoms with Gasteiger partial charge < -0.3 is 15.0 Å². The quantitative estimate of drug-likeness (QED) is 0.838. The fraction of sp³-hybridized carbons (Fsp3) is 0.409. The fourth-order valence-electron chi connectivity index (χ4n) is 3.77. The molecule has 4 heteroatoms. The van der Waals surface area contributed by atoms with Crippen molar-refractivity contribution in [2.45, 2.75) is 32.2 Å². The molecule has 0 saturated carbocycles. The molecule has 1 amide bonds. The van der Waals surface area contributed by atoms with Crippen LogP contribution in [-0.2, 0) is 11.2 Å². The Kier molecular flexibility index (Phi) is 6.29. The predicted molar refractivity (Wildman–Crippen MR) is 105 cm³/mol. The second kappa shape index (κ2) is 8.86. The second-order valence-electron chi connectivity index (χ2n) is 7.23. The second-order valence-corrected chi connectivity index (χ2v) is 7.23. The average molecular weight is 353 g/mol. The van der Waals surface area contributed by atoms with E-state index in [0.29, 0.717) is 0 Å². The minimum absolute atomic E-state index is 0.0427. The lowest BCUT2D eigenvalue weighted by Gasteiger charge is -2.32. The molecule has 0 aliphatic carbocycles. The van der Waals surface area contributed by atoms with E-state index in [1.165, 1.54) is 23.3 Å². The third-order valence-electron chi connectivity index (χ3n) is 5.46. The van der Waals surface area contributed by atoms with Crippen molar-refractivity contribution in [2.75, 3.05) is 25.5 Å². The lowest BCUT2D eigenvalue weighted by atomic mass is 9.89. The number of quaternary nitrogens is 1. The van der Waals surface area contributed by atoms with E-state index in [4.69, 9.17) is 4.74 Å². The molecule has 26 heavy (non-hydrogen) atoms. The summed E-state index contributed by atoms with van der Waals surface area (Å²) in [5.74, 6) is 1.56. The van der Waals surface area contributed by atoms with Gasteiger partial charge in [-0.15, -0.1) is 0 Å². The molecule has 0 aromatic heterocycles. The number of ether oxygens (including phenoxy) is 1. The lowest BCUT2D eigenvalue weighted by molar-refractivity contribution is -0.919. The molecule has 0 radical (unpaired) electrons. The fourth-order valence-corrected chi connectivity index (χ4v) is 3.77. The minimum atomic E-state index is -0.0427. The van der Waals surface area contributed by atoms with Crippen LogP contribution >= 0.6 is 0 Å². The zero-order valence-corrected chi connectivity index (χ0v) is 15.7. The van der Waals surface area contributed by atoms with Gasteiger partial charge in [0.15, 0.2) is 6.04 Å². The number of carbonyl (C=O) groups excluding carboxylic acids is 1. The molecule has 1 fully saturated rings. The van der Waals surface area contributed by atoms with E-state index in [1.54, 1.807) is 7.11 Å². The third-order valence-corrected chi connectivity index (χ3v) is 5.46. The third kappa shape index (κ3) is 4.85. The number of hydrogen-bond acceptors (Lipinski definition) is 2. The molecule has 138 valence electrons. The zero-order valence-electron chi connectivity index (χ0n) is 15.7. The Morgan fingerprint density at radius 1 is 1.15 bits per heavy atom. The molecule has 1 aliphatic heterocycles. The summed E-state index contributed by atoms with van der Waals surface area (Å²) in [6, 6.07) is 18.2. The Labute approximate surface area is 156 Å². The first-order valence-corrected chi connectivity index (χ1v) is 9.49. The van der Waals surface area contributed by atoms with Gasteiger partial charge in [0.1, 0.15) is 5.75 Å². The van der Waals surface area contributed by atoms with Crippen LogP contribution in [0.1, 0.15) is 25.3 Å². The minimum Gasteiger partial charge on any atom is -0.497 e. The van der Waals surface area contributed by atoms with E-state index in [0.717, 1.165) is 36.9 Å². The highest BCUT2D eigenvalue weighted by atomic mass is 16.5. The highest BCUT2D eigenvalue weighted by Crippen LogP contribution is 2.18. The summed E-state index contributed by atoms with van der Waals surface area (Å²) >= 11 is 0. The van der Waals surface area contributed by atoms with Crippen LogP contribution in [0.2, 0.25) is 0 Å². The van der Waals surface area contributed by atoms with E-state index in [-0.39, 0.29) is 11.9 Å². The standard InChI is InChI=1S/C22H28N2O2/c1-17(22(25)23-20-9-6-10-21(16-20)26-2)24-13-11-19(12-14-24)15-18-7-4-3-5-8-18/h3-10,16-17,19H,11-15H2,1-2H3,(H,23,25)/p+1/t17-/m0/s1. The van der Waals surface area contributed by atoms with Crippen molar-refractivity contribution in [1.29, 1.82) is 0 Å². The Balaban J connectivity index is 1.49. The molecule has 2 N–H and O–H groups in total. The molecule has 0 spiro atoms. The molecule has 0 unspecified atom stereocenters. The van der Waals surface area contributed by atoms with Gasteiger partial charge in [-0.3, -0.25) is 4.79 Å². The van der Waals surface area contributed by atoms with Crippen LogP contribution < -0.4 is 15.0 Å². The molecular formula is C22H29N2O2+. The van der Waals surface area contributed by atoms with Gasteiger partial charge in [-0.05, 0) is 49.8 Å². The number of carbonyl (C=O) groups is 1. The Morgan fingerprint density at radius 2 is 1.88 bits per heavy atom. The zero-order chi connectivity index (χ0) is 18.4. The van der Waals surface area contributed by atoms with Crippen molar-refractivity contribution >= 4 is 11.6 Å². The lowest BCUT2D eigenvalue weighted by Crippen LogP contribution is -3.17. The molecule has 1 atom stereocenters. The molecule has 1 saturated heterocycles. The van der Waals surface area contributed by atoms with Gasteiger partial charge in [0, 0.05) is 11.8 Å². The van der Waals surface area contributed by atoms with E-state index < -0.39 is 0 Å². The van der Waals surface area contributed by atoms with Crippen LogP contribution in [0.15, 0.2) is 54.6 Å². The average Bonchev–Trinajstić information content (AvgIpc) is 2.69. The summed E-state index contributed by atoms with van der Waals surface area (Å²) in [5, 5.41) is 3.02. The van der Waals surface area contributed by atoms with E-state index in [9.17, 15) is 4.79 Å². The summed E-state index contributed by atoms with van der Waals surface area (Å²) in [6.45, 7) is 4.15. The highest BCUT2D eigenvalue weighted by molar-refractivity contribution is 5.93. The van der Waals surface area contributed by atoms with Crippen LogP contribution in [0.4, 0.5) is 5.69 Å². The number of likely N-dealkylation sites (tertiary alicyclic amines) is 1. The largest absolute Gasteiger partial charge is 0.497 e. The van der Waals surface area contributed by atoms with Gasteiger partial charge in [-0.2, -0.15) is 0 Å². The normalized spacial score (nSPS) is 21.0. The van der Waals surface area contributed by atoms with Crippen molar-refractivity contribution in [3.05, 3.63) is 60.2 Å². The molecule has 3 rings (SSSR count). The van der Waals surface area contributed by atoms with Crippen molar-refractivity contribution < 1.29 is 14.4 Å².